The number of nitrogens with zero attached hydrogens (tertiary/aromatic N) is 3. The first kappa shape index (κ1) is 15.7. The summed E-state index contributed by atoms with van der Waals surface area (Å²) >= 11 is 0. The van der Waals surface area contributed by atoms with Gasteiger partial charge in [-0.05, 0) is 38.6 Å². The third-order valence-corrected chi connectivity index (χ3v) is 6.75. The smallest absolute Gasteiger partial charge is 0.241 e. The highest BCUT2D eigenvalue weighted by atomic mass is 32.2. The van der Waals surface area contributed by atoms with Gasteiger partial charge in [-0.1, -0.05) is 22.9 Å². The van der Waals surface area contributed by atoms with E-state index in [0.29, 0.717) is 5.69 Å². The Bertz CT molecular complexity index is 848. The van der Waals surface area contributed by atoms with Gasteiger partial charge in [0.2, 0.25) is 10.0 Å². The molecular formula is C17H21N3O3S. The first-order valence-electron chi connectivity index (χ1n) is 8.16. The Morgan fingerprint density at radius 2 is 2.17 bits per heavy atom. The topological polar surface area (TPSA) is 66.7 Å². The fourth-order valence-corrected chi connectivity index (χ4v) is 5.76. The first-order chi connectivity index (χ1) is 11.5. The molecule has 128 valence electrons. The Balaban J connectivity index is 1.77. The van der Waals surface area contributed by atoms with Gasteiger partial charge in [0.1, 0.15) is 17.7 Å². The van der Waals surface area contributed by atoms with E-state index >= 15 is 0 Å². The number of hydrogen-bond donors (Lipinski definition) is 0. The van der Waals surface area contributed by atoms with E-state index in [1.54, 1.807) is 10.4 Å². The first-order valence-corrected chi connectivity index (χ1v) is 9.77. The van der Waals surface area contributed by atoms with E-state index < -0.39 is 10.0 Å². The number of aryl methyl sites for hydroxylation is 1. The van der Waals surface area contributed by atoms with Gasteiger partial charge in [-0.25, -0.2) is 8.42 Å². The summed E-state index contributed by atoms with van der Waals surface area (Å²) in [4.78, 5) is 2.28. The monoisotopic (exact) mass is 347 g/mol. The Labute approximate surface area is 142 Å². The van der Waals surface area contributed by atoms with Crippen LogP contribution in [0.25, 0.3) is 0 Å². The molecule has 24 heavy (non-hydrogen) atoms. The largest absolute Gasteiger partial charge is 0.364 e. The number of sulfonamides is 1. The Hall–Kier alpha value is -1.86. The molecule has 7 heteroatoms. The maximum absolute atomic E-state index is 13.1. The van der Waals surface area contributed by atoms with Crippen molar-refractivity contribution in [2.75, 3.05) is 24.4 Å². The number of hydrogen-bond acceptors (Lipinski definition) is 5. The predicted octanol–water partition coefficient (Wildman–Crippen LogP) is 2.12. The molecule has 0 bridgehead atoms. The van der Waals surface area contributed by atoms with Crippen LogP contribution in [0.5, 0.6) is 0 Å². The minimum Gasteiger partial charge on any atom is -0.364 e. The lowest BCUT2D eigenvalue weighted by Gasteiger charge is -2.36. The van der Waals surface area contributed by atoms with Crippen molar-refractivity contribution < 1.29 is 12.9 Å². The average molecular weight is 347 g/mol. The molecular weight excluding hydrogens is 326 g/mol. The second-order valence-electron chi connectivity index (χ2n) is 6.83. The molecule has 2 aliphatic rings. The fourth-order valence-electron chi connectivity index (χ4n) is 3.96. The summed E-state index contributed by atoms with van der Waals surface area (Å²) in [6, 6.07) is 7.67. The van der Waals surface area contributed by atoms with Gasteiger partial charge < -0.3 is 9.42 Å². The van der Waals surface area contributed by atoms with E-state index in [1.807, 2.05) is 19.1 Å². The van der Waals surface area contributed by atoms with Crippen LogP contribution in [0.1, 0.15) is 29.2 Å². The van der Waals surface area contributed by atoms with Crippen molar-refractivity contribution in [2.24, 2.45) is 0 Å². The van der Waals surface area contributed by atoms with Crippen LogP contribution in [0.2, 0.25) is 0 Å². The van der Waals surface area contributed by atoms with Crippen LogP contribution in [0.15, 0.2) is 35.1 Å². The third kappa shape index (κ3) is 2.52. The van der Waals surface area contributed by atoms with E-state index in [2.05, 4.69) is 23.2 Å². The van der Waals surface area contributed by atoms with E-state index in [9.17, 15) is 8.42 Å². The molecule has 4 rings (SSSR count). The number of rotatable bonds is 3. The Morgan fingerprint density at radius 1 is 1.33 bits per heavy atom. The molecule has 1 aromatic carbocycles. The summed E-state index contributed by atoms with van der Waals surface area (Å²) in [7, 11) is -1.41. The number of likely N-dealkylation sites (tertiary alicyclic amines) is 1. The van der Waals surface area contributed by atoms with Crippen LogP contribution in [0, 0.1) is 6.92 Å². The van der Waals surface area contributed by atoms with Gasteiger partial charge in [-0.15, -0.1) is 0 Å². The molecule has 6 nitrogen and oxygen atoms in total. The lowest BCUT2D eigenvalue weighted by Crippen LogP contribution is -2.47. The molecule has 1 saturated heterocycles. The zero-order chi connectivity index (χ0) is 16.9. The molecule has 2 atom stereocenters. The molecule has 0 N–H and O–H groups in total. The van der Waals surface area contributed by atoms with Gasteiger partial charge in [-0.2, -0.15) is 0 Å². The van der Waals surface area contributed by atoms with Crippen LogP contribution in [0.3, 0.4) is 0 Å². The quantitative estimate of drug-likeness (QED) is 0.851. The van der Waals surface area contributed by atoms with Crippen LogP contribution in [-0.4, -0.2) is 44.7 Å². The van der Waals surface area contributed by atoms with E-state index in [0.717, 1.165) is 36.3 Å². The molecule has 0 spiro atoms. The number of piperidine rings is 1. The van der Waals surface area contributed by atoms with Gasteiger partial charge in [0.15, 0.2) is 0 Å². The van der Waals surface area contributed by atoms with Crippen molar-refractivity contribution in [3.8, 4) is 0 Å². The molecule has 1 fully saturated rings. The summed E-state index contributed by atoms with van der Waals surface area (Å²) in [5.41, 5.74) is 3.58. The van der Waals surface area contributed by atoms with Crippen molar-refractivity contribution in [1.29, 1.82) is 0 Å². The number of benzene rings is 1. The molecule has 3 heterocycles. The highest BCUT2D eigenvalue weighted by molar-refractivity contribution is 7.92. The number of fused-ring (bicyclic) bond motifs is 3. The van der Waals surface area contributed by atoms with Crippen LogP contribution in [0.4, 0.5) is 5.69 Å². The van der Waals surface area contributed by atoms with Crippen LogP contribution in [-0.2, 0) is 15.8 Å². The van der Waals surface area contributed by atoms with E-state index in [-0.39, 0.29) is 17.7 Å². The number of aromatic nitrogens is 1. The van der Waals surface area contributed by atoms with Crippen molar-refractivity contribution in [2.45, 2.75) is 31.1 Å². The van der Waals surface area contributed by atoms with E-state index in [1.165, 1.54) is 6.26 Å². The molecule has 0 unspecified atom stereocenters. The maximum atomic E-state index is 13.1. The molecule has 0 aliphatic carbocycles. The lowest BCUT2D eigenvalue weighted by molar-refractivity contribution is 0.237. The zero-order valence-electron chi connectivity index (χ0n) is 13.8. The summed E-state index contributed by atoms with van der Waals surface area (Å²) < 4.78 is 32.7. The summed E-state index contributed by atoms with van der Waals surface area (Å²) in [5, 5.41) is 3.77. The third-order valence-electron chi connectivity index (χ3n) is 5.02. The van der Waals surface area contributed by atoms with Gasteiger partial charge in [0.05, 0.1) is 11.7 Å². The molecule has 0 saturated carbocycles. The fraction of sp³-hybridized carbons (Fsp3) is 0.471. The van der Waals surface area contributed by atoms with Crippen LogP contribution < -0.4 is 4.31 Å². The average Bonchev–Trinajstić information content (AvgIpc) is 3.12. The lowest BCUT2D eigenvalue weighted by atomic mass is 9.89. The molecule has 1 aromatic heterocycles. The van der Waals surface area contributed by atoms with Gasteiger partial charge in [0, 0.05) is 18.5 Å². The van der Waals surface area contributed by atoms with Crippen molar-refractivity contribution in [3.63, 3.8) is 0 Å². The summed E-state index contributed by atoms with van der Waals surface area (Å²) in [6.07, 6.45) is 2.25. The number of likely N-dealkylation sites (N-methyl/N-ethyl adjacent to an activating group) is 1. The minimum absolute atomic E-state index is 0.00472. The van der Waals surface area contributed by atoms with Gasteiger partial charge >= 0.3 is 0 Å². The van der Waals surface area contributed by atoms with Crippen LogP contribution >= 0.6 is 0 Å². The van der Waals surface area contributed by atoms with Crippen molar-refractivity contribution in [1.82, 2.24) is 10.1 Å². The predicted molar refractivity (Wildman–Crippen MR) is 91.4 cm³/mol. The standard InChI is InChI=1S/C17H21N3O3S/c1-12-3-4-16-14(9-12)15-10-19(2)7-5-17(15)20(16)24(21,22)11-13-6-8-23-18-13/h3-4,6,8-9,15,17H,5,7,10-11H2,1-2H3/t15-,17-/m0/s1. The summed E-state index contributed by atoms with van der Waals surface area (Å²) in [6.45, 7) is 3.84. The maximum Gasteiger partial charge on any atom is 0.241 e. The normalized spacial score (nSPS) is 24.0. The molecule has 2 aromatic rings. The summed E-state index contributed by atoms with van der Waals surface area (Å²) in [5.74, 6) is 0.0984. The number of anilines is 1. The molecule has 2 aliphatic heterocycles. The highest BCUT2D eigenvalue weighted by Gasteiger charge is 2.46. The Morgan fingerprint density at radius 3 is 2.92 bits per heavy atom. The highest BCUT2D eigenvalue weighted by Crippen LogP contribution is 2.46. The SMILES string of the molecule is Cc1ccc2c(c1)[C@@H]1CN(C)CC[C@@H]1N2S(=O)(=O)Cc1ccon1. The van der Waals surface area contributed by atoms with Crippen molar-refractivity contribution >= 4 is 15.7 Å². The zero-order valence-corrected chi connectivity index (χ0v) is 14.7. The second kappa shape index (κ2) is 5.60. The van der Waals surface area contributed by atoms with Gasteiger partial charge in [-0.3, -0.25) is 4.31 Å². The molecule has 0 radical (unpaired) electrons. The van der Waals surface area contributed by atoms with Crippen molar-refractivity contribution in [3.05, 3.63) is 47.3 Å². The van der Waals surface area contributed by atoms with Gasteiger partial charge in [0.25, 0.3) is 0 Å². The second-order valence-corrected chi connectivity index (χ2v) is 8.68. The van der Waals surface area contributed by atoms with E-state index in [4.69, 9.17) is 4.52 Å². The minimum atomic E-state index is -3.50. The molecule has 0 amide bonds. The Kier molecular flexibility index (Phi) is 3.65.